The number of carbonyl (C=O) groups is 2. The summed E-state index contributed by atoms with van der Waals surface area (Å²) in [5, 5.41) is 19.0. The number of carbonyl (C=O) groups excluding carboxylic acids is 2. The number of hydrogen-bond acceptors (Lipinski definition) is 8. The summed E-state index contributed by atoms with van der Waals surface area (Å²) in [4.78, 5) is 19.0. The molecule has 0 aromatic carbocycles. The van der Waals surface area contributed by atoms with E-state index in [-0.39, 0.29) is 13.2 Å². The maximum absolute atomic E-state index is 9.52. The fraction of sp³-hybridized carbons (Fsp3) is 0.750. The summed E-state index contributed by atoms with van der Waals surface area (Å²) >= 11 is -2.51. The summed E-state index contributed by atoms with van der Waals surface area (Å²) in [7, 11) is 0. The zero-order valence-electron chi connectivity index (χ0n) is 9.59. The van der Waals surface area contributed by atoms with Crippen LogP contribution in [0.25, 0.3) is 0 Å². The van der Waals surface area contributed by atoms with Crippen molar-refractivity contribution < 1.29 is 61.6 Å². The van der Waals surface area contributed by atoms with Crippen LogP contribution in [0, 0.1) is 27.8 Å². The van der Waals surface area contributed by atoms with Gasteiger partial charge in [-0.3, -0.25) is 0 Å². The molecule has 0 atom stereocenters. The van der Waals surface area contributed by atoms with Crippen molar-refractivity contribution in [3.63, 3.8) is 0 Å². The number of hydrogen-bond donors (Lipinski definition) is 0. The summed E-state index contributed by atoms with van der Waals surface area (Å²) in [5.74, 6) is -2.33. The summed E-state index contributed by atoms with van der Waals surface area (Å²) < 4.78 is 26.0. The van der Waals surface area contributed by atoms with Crippen molar-refractivity contribution in [3.8, 4) is 0 Å². The van der Waals surface area contributed by atoms with Gasteiger partial charge in [-0.2, -0.15) is 0 Å². The van der Waals surface area contributed by atoms with Gasteiger partial charge in [0.05, 0.1) is 25.2 Å². The molecule has 0 spiro atoms. The third kappa shape index (κ3) is 50.2. The van der Waals surface area contributed by atoms with Gasteiger partial charge < -0.3 is 29.3 Å². The summed E-state index contributed by atoms with van der Waals surface area (Å²) in [6, 6.07) is 0. The molecule has 0 aliphatic carbocycles. The first-order valence-corrected chi connectivity index (χ1v) is 7.90. The third-order valence-corrected chi connectivity index (χ3v) is 0.848. The van der Waals surface area contributed by atoms with E-state index in [0.717, 1.165) is 0 Å². The normalized spacial score (nSPS) is 7.65. The molecule has 0 amide bonds. The van der Waals surface area contributed by atoms with Gasteiger partial charge in [-0.1, -0.05) is 0 Å². The third-order valence-electron chi connectivity index (χ3n) is 0.848. The molecule has 0 rings (SSSR count). The monoisotopic (exact) mass is 476 g/mol. The molecule has 17 heavy (non-hydrogen) atoms. The maximum atomic E-state index is 9.52. The van der Waals surface area contributed by atoms with E-state index in [9.17, 15) is 19.8 Å². The van der Waals surface area contributed by atoms with Crippen molar-refractivity contribution in [1.82, 2.24) is 0 Å². The van der Waals surface area contributed by atoms with Crippen LogP contribution < -0.4 is 10.2 Å². The van der Waals surface area contributed by atoms with Gasteiger partial charge in [0.2, 0.25) is 0 Å². The molecule has 0 aromatic heterocycles. The van der Waals surface area contributed by atoms with Crippen LogP contribution in [0.15, 0.2) is 0 Å². The van der Waals surface area contributed by atoms with E-state index in [1.54, 1.807) is 13.8 Å². The van der Waals surface area contributed by atoms with Crippen LogP contribution in [-0.2, 0) is 23.5 Å². The second kappa shape index (κ2) is 20.9. The van der Waals surface area contributed by atoms with Gasteiger partial charge in [0.25, 0.3) is 0 Å². The Morgan fingerprint density at radius 3 is 1.24 bits per heavy atom. The molecular formula is C8H14O8U. The van der Waals surface area contributed by atoms with E-state index in [1.807, 2.05) is 0 Å². The number of aliphatic carboxylic acids is 2. The average molecular weight is 476 g/mol. The molecule has 0 fully saturated rings. The molecule has 0 aliphatic heterocycles. The van der Waals surface area contributed by atoms with Crippen LogP contribution in [-0.4, -0.2) is 38.4 Å². The number of carboxylic acid groups (broad SMARTS) is 2. The molecule has 0 aromatic rings. The molecule has 0 unspecified atom stereocenters. The number of ether oxygens (including phenoxy) is 2. The first-order chi connectivity index (χ1) is 7.95. The second-order valence-corrected chi connectivity index (χ2v) is 2.80. The van der Waals surface area contributed by atoms with Gasteiger partial charge in [-0.15, -0.1) is 0 Å². The molecule has 98 valence electrons. The topological polar surface area (TPSA) is 133 Å². The van der Waals surface area contributed by atoms with Crippen LogP contribution in [0.5, 0.6) is 0 Å². The fourth-order valence-electron chi connectivity index (χ4n) is 0.371. The minimum atomic E-state index is -2.51. The summed E-state index contributed by atoms with van der Waals surface area (Å²) in [5.41, 5.74) is 0. The van der Waals surface area contributed by atoms with E-state index in [4.69, 9.17) is 4.47 Å². The molecule has 9 heteroatoms. The first kappa shape index (κ1) is 21.8. The van der Waals surface area contributed by atoms with Crippen LogP contribution in [0.1, 0.15) is 13.8 Å². The van der Waals surface area contributed by atoms with E-state index in [0.29, 0.717) is 13.2 Å². The van der Waals surface area contributed by atoms with Crippen LogP contribution in [0.4, 0.5) is 0 Å². The van der Waals surface area contributed by atoms with Crippen molar-refractivity contribution in [2.24, 2.45) is 0 Å². The molecule has 0 radical (unpaired) electrons. The Kier molecular flexibility index (Phi) is 26.7. The van der Waals surface area contributed by atoms with Gasteiger partial charge in [-0.25, -0.2) is 0 Å². The Morgan fingerprint density at radius 1 is 0.941 bits per heavy atom. The Hall–Kier alpha value is -0.488. The first-order valence-electron chi connectivity index (χ1n) is 4.50. The molecular weight excluding hydrogens is 462 g/mol. The van der Waals surface area contributed by atoms with Gasteiger partial charge in [0.15, 0.2) is 0 Å². The predicted molar refractivity (Wildman–Crippen MR) is 44.4 cm³/mol. The molecule has 0 bridgehead atoms. The van der Waals surface area contributed by atoms with Crippen LogP contribution >= 0.6 is 0 Å². The predicted octanol–water partition coefficient (Wildman–Crippen LogP) is -2.69. The number of carboxylic acids is 2. The molecule has 0 saturated heterocycles. The van der Waals surface area contributed by atoms with E-state index in [2.05, 4.69) is 9.47 Å². The standard InChI is InChI=1S/2C4H8O3.2O.U/c2*1-2-7-3-4(5)6;;;/h2*2-3H2,1H3,(H,5,6);;;/q;;;;+2/p-2. The molecule has 0 saturated carbocycles. The minimum absolute atomic E-state index is 0.295. The number of rotatable bonds is 6. The zero-order chi connectivity index (χ0) is 14.1. The van der Waals surface area contributed by atoms with Crippen molar-refractivity contribution in [1.29, 1.82) is 0 Å². The van der Waals surface area contributed by atoms with Crippen molar-refractivity contribution in [2.75, 3.05) is 26.4 Å². The summed E-state index contributed by atoms with van der Waals surface area (Å²) in [6.45, 7) is 3.71. The van der Waals surface area contributed by atoms with Gasteiger partial charge >= 0.3 is 32.3 Å². The quantitative estimate of drug-likeness (QED) is 0.405. The van der Waals surface area contributed by atoms with Crippen molar-refractivity contribution >= 4 is 11.9 Å². The average Bonchev–Trinajstić information content (AvgIpc) is 2.25. The van der Waals surface area contributed by atoms with Gasteiger partial charge in [0.1, 0.15) is 0 Å². The van der Waals surface area contributed by atoms with Crippen molar-refractivity contribution in [2.45, 2.75) is 13.8 Å². The van der Waals surface area contributed by atoms with Gasteiger partial charge in [0, 0.05) is 13.2 Å². The van der Waals surface area contributed by atoms with E-state index < -0.39 is 39.8 Å². The molecule has 0 heterocycles. The van der Waals surface area contributed by atoms with Crippen molar-refractivity contribution in [3.05, 3.63) is 0 Å². The fourth-order valence-corrected chi connectivity index (χ4v) is 0.371. The molecule has 0 N–H and O–H groups in total. The van der Waals surface area contributed by atoms with Gasteiger partial charge in [-0.05, 0) is 13.8 Å². The zero-order valence-corrected chi connectivity index (χ0v) is 13.8. The van der Waals surface area contributed by atoms with Crippen LogP contribution in [0.2, 0.25) is 0 Å². The SMILES string of the molecule is CCOCC(=O)[O-].CCOCC(=O)[O-].[O]=[U+2]=[O]. The van der Waals surface area contributed by atoms with E-state index in [1.165, 1.54) is 0 Å². The Bertz CT molecular complexity index is 206. The molecule has 0 aliphatic rings. The Balaban J connectivity index is -0.000000188. The molecule has 8 nitrogen and oxygen atoms in total. The van der Waals surface area contributed by atoms with E-state index >= 15 is 0 Å². The Morgan fingerprint density at radius 2 is 1.18 bits per heavy atom. The second-order valence-electron chi connectivity index (χ2n) is 2.10. The summed E-state index contributed by atoms with van der Waals surface area (Å²) in [6.07, 6.45) is 0. The Labute approximate surface area is 114 Å². The van der Waals surface area contributed by atoms with Crippen LogP contribution in [0.3, 0.4) is 0 Å².